The number of hydrazine groups is 1. The highest BCUT2D eigenvalue weighted by Crippen LogP contribution is 2.34. The number of anilines is 1. The molecule has 0 spiro atoms. The number of nitrogens with two attached hydrogens (primary N) is 2. The molecule has 0 aromatic heterocycles. The average Bonchev–Trinajstić information content (AvgIpc) is 2.52. The van der Waals surface area contributed by atoms with E-state index in [1.807, 2.05) is 0 Å². The molecule has 6 nitrogen and oxygen atoms in total. The van der Waals surface area contributed by atoms with E-state index in [0.717, 1.165) is 5.01 Å². The summed E-state index contributed by atoms with van der Waals surface area (Å²) < 4.78 is 13.1. The molecule has 0 radical (unpaired) electrons. The van der Waals surface area contributed by atoms with Crippen molar-refractivity contribution in [2.45, 2.75) is 6.54 Å². The Balaban J connectivity index is 2.04. The number of benzene rings is 2. The van der Waals surface area contributed by atoms with E-state index in [2.05, 4.69) is 5.32 Å². The molecule has 9 heteroatoms. The zero-order chi connectivity index (χ0) is 18.6. The molecule has 2 aromatic rings. The van der Waals surface area contributed by atoms with Gasteiger partial charge < -0.3 is 21.2 Å². The van der Waals surface area contributed by atoms with Gasteiger partial charge in [-0.3, -0.25) is 4.79 Å². The molecular weight excluding hydrogens is 370 g/mol. The van der Waals surface area contributed by atoms with Crippen LogP contribution in [0.1, 0.15) is 5.56 Å². The SMILES string of the molecule is N/C(=C\N(N)Cc1cccc(F)c1)C(=O)Nc1cc(Cl)c(O)c(Cl)c1. The molecule has 6 N–H and O–H groups in total. The molecule has 0 atom stereocenters. The van der Waals surface area contributed by atoms with Crippen molar-refractivity contribution in [1.29, 1.82) is 0 Å². The van der Waals surface area contributed by atoms with Crippen LogP contribution in [0.2, 0.25) is 10.0 Å². The Kier molecular flexibility index (Phi) is 6.08. The molecule has 2 rings (SSSR count). The second kappa shape index (κ2) is 8.06. The van der Waals surface area contributed by atoms with Crippen molar-refractivity contribution >= 4 is 34.8 Å². The highest BCUT2D eigenvalue weighted by Gasteiger charge is 2.11. The molecule has 0 aliphatic rings. The van der Waals surface area contributed by atoms with Crippen LogP contribution < -0.4 is 16.9 Å². The third kappa shape index (κ3) is 5.25. The van der Waals surface area contributed by atoms with Gasteiger partial charge in [0, 0.05) is 11.9 Å². The van der Waals surface area contributed by atoms with Crippen LogP contribution in [0.5, 0.6) is 5.75 Å². The molecule has 0 heterocycles. The monoisotopic (exact) mass is 384 g/mol. The van der Waals surface area contributed by atoms with Crippen LogP contribution in [0.4, 0.5) is 10.1 Å². The number of amides is 1. The normalized spacial score (nSPS) is 11.3. The summed E-state index contributed by atoms with van der Waals surface area (Å²) >= 11 is 11.6. The molecule has 0 bridgehead atoms. The number of carbonyl (C=O) groups is 1. The number of nitrogens with one attached hydrogen (secondary N) is 1. The fraction of sp³-hybridized carbons (Fsp3) is 0.0625. The van der Waals surface area contributed by atoms with Crippen LogP contribution in [-0.4, -0.2) is 16.0 Å². The Morgan fingerprint density at radius 3 is 2.52 bits per heavy atom. The van der Waals surface area contributed by atoms with Gasteiger partial charge in [-0.05, 0) is 29.8 Å². The molecule has 0 saturated carbocycles. The molecule has 0 fully saturated rings. The van der Waals surface area contributed by atoms with Crippen molar-refractivity contribution in [2.75, 3.05) is 5.32 Å². The summed E-state index contributed by atoms with van der Waals surface area (Å²) in [5.41, 5.74) is 6.38. The molecule has 0 aliphatic carbocycles. The smallest absolute Gasteiger partial charge is 0.273 e. The van der Waals surface area contributed by atoms with Gasteiger partial charge in [-0.1, -0.05) is 35.3 Å². The van der Waals surface area contributed by atoms with Gasteiger partial charge in [-0.15, -0.1) is 0 Å². The first-order valence-corrected chi connectivity index (χ1v) is 7.74. The maximum absolute atomic E-state index is 13.1. The Morgan fingerprint density at radius 1 is 1.28 bits per heavy atom. The molecule has 0 saturated heterocycles. The zero-order valence-electron chi connectivity index (χ0n) is 12.8. The van der Waals surface area contributed by atoms with Gasteiger partial charge in [-0.25, -0.2) is 10.2 Å². The van der Waals surface area contributed by atoms with Crippen molar-refractivity contribution in [3.05, 3.63) is 69.7 Å². The van der Waals surface area contributed by atoms with Gasteiger partial charge in [0.1, 0.15) is 11.5 Å². The van der Waals surface area contributed by atoms with Crippen LogP contribution >= 0.6 is 23.2 Å². The number of rotatable bonds is 5. The standard InChI is InChI=1S/C16H15Cl2FN4O2/c17-12-5-11(6-13(18)15(12)24)22-16(25)14(20)8-23(21)7-9-2-1-3-10(19)4-9/h1-6,8,24H,7,20-21H2,(H,22,25)/b14-8-. The largest absolute Gasteiger partial charge is 0.505 e. The van der Waals surface area contributed by atoms with E-state index in [9.17, 15) is 14.3 Å². The lowest BCUT2D eigenvalue weighted by Crippen LogP contribution is -2.29. The summed E-state index contributed by atoms with van der Waals surface area (Å²) in [6, 6.07) is 8.52. The van der Waals surface area contributed by atoms with Gasteiger partial charge in [-0.2, -0.15) is 0 Å². The predicted octanol–water partition coefficient (Wildman–Crippen LogP) is 2.95. The highest BCUT2D eigenvalue weighted by atomic mass is 35.5. The van der Waals surface area contributed by atoms with Crippen LogP contribution in [0.3, 0.4) is 0 Å². The van der Waals surface area contributed by atoms with Crippen molar-refractivity contribution < 1.29 is 14.3 Å². The van der Waals surface area contributed by atoms with Gasteiger partial charge in [0.2, 0.25) is 0 Å². The molecular formula is C16H15Cl2FN4O2. The molecule has 0 aliphatic heterocycles. The Labute approximate surface area is 153 Å². The van der Waals surface area contributed by atoms with Crippen LogP contribution in [0.25, 0.3) is 0 Å². The van der Waals surface area contributed by atoms with Crippen LogP contribution in [0, 0.1) is 5.82 Å². The van der Waals surface area contributed by atoms with E-state index in [4.69, 9.17) is 34.8 Å². The topological polar surface area (TPSA) is 105 Å². The van der Waals surface area contributed by atoms with E-state index < -0.39 is 5.91 Å². The van der Waals surface area contributed by atoms with E-state index in [0.29, 0.717) is 5.56 Å². The van der Waals surface area contributed by atoms with Crippen molar-refractivity contribution in [1.82, 2.24) is 5.01 Å². The molecule has 0 unspecified atom stereocenters. The van der Waals surface area contributed by atoms with E-state index >= 15 is 0 Å². The van der Waals surface area contributed by atoms with E-state index in [-0.39, 0.29) is 39.5 Å². The second-order valence-electron chi connectivity index (χ2n) is 5.13. The minimum atomic E-state index is -0.646. The quantitative estimate of drug-likeness (QED) is 0.274. The first kappa shape index (κ1) is 18.9. The Morgan fingerprint density at radius 2 is 1.92 bits per heavy atom. The number of phenols is 1. The van der Waals surface area contributed by atoms with Crippen LogP contribution in [0.15, 0.2) is 48.3 Å². The maximum Gasteiger partial charge on any atom is 0.273 e. The third-order valence-corrected chi connectivity index (χ3v) is 3.67. The molecule has 2 aromatic carbocycles. The fourth-order valence-corrected chi connectivity index (χ4v) is 2.46. The number of phenolic OH excluding ortho intramolecular Hbond substituents is 1. The second-order valence-corrected chi connectivity index (χ2v) is 5.94. The molecule has 132 valence electrons. The van der Waals surface area contributed by atoms with Crippen molar-refractivity contribution in [3.63, 3.8) is 0 Å². The molecule has 1 amide bonds. The molecule has 25 heavy (non-hydrogen) atoms. The van der Waals surface area contributed by atoms with Gasteiger partial charge in [0.05, 0.1) is 16.6 Å². The highest BCUT2D eigenvalue weighted by molar-refractivity contribution is 6.37. The number of hydrogen-bond acceptors (Lipinski definition) is 5. The van der Waals surface area contributed by atoms with Crippen molar-refractivity contribution in [2.24, 2.45) is 11.6 Å². The van der Waals surface area contributed by atoms with Crippen molar-refractivity contribution in [3.8, 4) is 5.75 Å². The first-order valence-electron chi connectivity index (χ1n) is 6.98. The third-order valence-electron chi connectivity index (χ3n) is 3.10. The maximum atomic E-state index is 13.1. The lowest BCUT2D eigenvalue weighted by Gasteiger charge is -2.15. The van der Waals surface area contributed by atoms with E-state index in [1.165, 1.54) is 30.5 Å². The summed E-state index contributed by atoms with van der Waals surface area (Å²) in [5.74, 6) is 4.44. The zero-order valence-corrected chi connectivity index (χ0v) is 14.4. The van der Waals surface area contributed by atoms with E-state index in [1.54, 1.807) is 12.1 Å². The van der Waals surface area contributed by atoms with Gasteiger partial charge in [0.25, 0.3) is 5.91 Å². The number of carbonyl (C=O) groups excluding carboxylic acids is 1. The summed E-state index contributed by atoms with van der Waals surface area (Å²) in [4.78, 5) is 12.1. The number of aromatic hydroxyl groups is 1. The number of halogens is 3. The average molecular weight is 385 g/mol. The lowest BCUT2D eigenvalue weighted by atomic mass is 10.2. The number of hydrogen-bond donors (Lipinski definition) is 4. The Hall–Kier alpha value is -2.48. The van der Waals surface area contributed by atoms with Gasteiger partial charge >= 0.3 is 0 Å². The lowest BCUT2D eigenvalue weighted by molar-refractivity contribution is -0.113. The summed E-state index contributed by atoms with van der Waals surface area (Å²) in [7, 11) is 0. The van der Waals surface area contributed by atoms with Gasteiger partial charge in [0.15, 0.2) is 5.75 Å². The summed E-state index contributed by atoms with van der Waals surface area (Å²) in [5, 5.41) is 13.1. The predicted molar refractivity (Wildman–Crippen MR) is 95.2 cm³/mol. The summed E-state index contributed by atoms with van der Waals surface area (Å²) in [6.07, 6.45) is 1.21. The number of nitrogens with zero attached hydrogens (tertiary/aromatic N) is 1. The van der Waals surface area contributed by atoms with Crippen LogP contribution in [-0.2, 0) is 11.3 Å². The minimum absolute atomic E-state index is 0.0168. The fourth-order valence-electron chi connectivity index (χ4n) is 1.97. The summed E-state index contributed by atoms with van der Waals surface area (Å²) in [6.45, 7) is 0.155. The minimum Gasteiger partial charge on any atom is -0.505 e. The Bertz CT molecular complexity index is 807. The first-order chi connectivity index (χ1) is 11.8.